The number of nitrogens with one attached hydrogen (secondary N) is 1. The number of nitrogens with zero attached hydrogens (tertiary/aromatic N) is 1. The van der Waals surface area contributed by atoms with Crippen molar-refractivity contribution in [1.29, 1.82) is 0 Å². The first kappa shape index (κ1) is 18.4. The van der Waals surface area contributed by atoms with E-state index >= 15 is 0 Å². The van der Waals surface area contributed by atoms with Gasteiger partial charge in [0.15, 0.2) is 11.5 Å². The molecule has 1 heterocycles. The molecule has 5 nitrogen and oxygen atoms in total. The van der Waals surface area contributed by atoms with Crippen LogP contribution in [-0.2, 0) is 11.3 Å². The molecule has 1 aliphatic rings. The summed E-state index contributed by atoms with van der Waals surface area (Å²) in [6, 6.07) is 5.24. The van der Waals surface area contributed by atoms with Gasteiger partial charge in [-0.1, -0.05) is 13.0 Å². The number of rotatable bonds is 7. The van der Waals surface area contributed by atoms with Crippen LogP contribution in [0.15, 0.2) is 18.2 Å². The number of piperidine rings is 1. The van der Waals surface area contributed by atoms with E-state index in [1.807, 2.05) is 6.92 Å². The van der Waals surface area contributed by atoms with Gasteiger partial charge >= 0.3 is 6.61 Å². The Kier molecular flexibility index (Phi) is 6.78. The van der Waals surface area contributed by atoms with E-state index in [4.69, 9.17) is 4.74 Å². The minimum absolute atomic E-state index is 0.0391. The Hall–Kier alpha value is -1.89. The van der Waals surface area contributed by atoms with E-state index in [1.165, 1.54) is 13.2 Å². The van der Waals surface area contributed by atoms with E-state index in [0.29, 0.717) is 18.7 Å². The van der Waals surface area contributed by atoms with Crippen molar-refractivity contribution in [2.45, 2.75) is 45.4 Å². The fourth-order valence-electron chi connectivity index (χ4n) is 2.83. The lowest BCUT2D eigenvalue weighted by Gasteiger charge is -2.32. The second kappa shape index (κ2) is 8.82. The zero-order valence-corrected chi connectivity index (χ0v) is 14.1. The normalized spacial score (nSPS) is 16.2. The lowest BCUT2D eigenvalue weighted by molar-refractivity contribution is -0.121. The fourth-order valence-corrected chi connectivity index (χ4v) is 2.83. The summed E-state index contributed by atoms with van der Waals surface area (Å²) in [7, 11) is 1.43. The van der Waals surface area contributed by atoms with Crippen LogP contribution in [0.3, 0.4) is 0 Å². The summed E-state index contributed by atoms with van der Waals surface area (Å²) < 4.78 is 34.2. The SMILES string of the molecule is CCC(=O)NC1CCN(Cc2ccc(OC(F)F)c(OC)c2)CC1. The van der Waals surface area contributed by atoms with E-state index in [1.54, 1.807) is 12.1 Å². The van der Waals surface area contributed by atoms with E-state index in [0.717, 1.165) is 31.5 Å². The highest BCUT2D eigenvalue weighted by Gasteiger charge is 2.20. The third-order valence-corrected chi connectivity index (χ3v) is 4.12. The first-order chi connectivity index (χ1) is 11.5. The molecular formula is C17H24F2N2O3. The Balaban J connectivity index is 1.89. The van der Waals surface area contributed by atoms with Crippen molar-refractivity contribution >= 4 is 5.91 Å². The first-order valence-electron chi connectivity index (χ1n) is 8.15. The van der Waals surface area contributed by atoms with Crippen LogP contribution < -0.4 is 14.8 Å². The first-order valence-corrected chi connectivity index (χ1v) is 8.15. The number of alkyl halides is 2. The molecule has 0 radical (unpaired) electrons. The molecule has 134 valence electrons. The van der Waals surface area contributed by atoms with Gasteiger partial charge in [0.05, 0.1) is 7.11 Å². The third-order valence-electron chi connectivity index (χ3n) is 4.12. The van der Waals surface area contributed by atoms with Crippen molar-refractivity contribution in [3.05, 3.63) is 23.8 Å². The maximum atomic E-state index is 12.3. The topological polar surface area (TPSA) is 50.8 Å². The van der Waals surface area contributed by atoms with Crippen molar-refractivity contribution in [2.24, 2.45) is 0 Å². The summed E-state index contributed by atoms with van der Waals surface area (Å²) in [5, 5.41) is 3.02. The van der Waals surface area contributed by atoms with E-state index < -0.39 is 6.61 Å². The van der Waals surface area contributed by atoms with Crippen molar-refractivity contribution in [1.82, 2.24) is 10.2 Å². The maximum absolute atomic E-state index is 12.3. The van der Waals surface area contributed by atoms with Crippen LogP contribution in [0.4, 0.5) is 8.78 Å². The van der Waals surface area contributed by atoms with Crippen LogP contribution >= 0.6 is 0 Å². The predicted molar refractivity (Wildman–Crippen MR) is 86.4 cm³/mol. The number of carbonyl (C=O) groups is 1. The largest absolute Gasteiger partial charge is 0.493 e. The van der Waals surface area contributed by atoms with Crippen LogP contribution in [-0.4, -0.2) is 43.7 Å². The Bertz CT molecular complexity index is 547. The highest BCUT2D eigenvalue weighted by molar-refractivity contribution is 5.75. The van der Waals surface area contributed by atoms with Crippen LogP contribution in [0.1, 0.15) is 31.7 Å². The molecule has 1 fully saturated rings. The van der Waals surface area contributed by atoms with Crippen molar-refractivity contribution < 1.29 is 23.0 Å². The number of hydrogen-bond acceptors (Lipinski definition) is 4. The average Bonchev–Trinajstić information content (AvgIpc) is 2.57. The van der Waals surface area contributed by atoms with Gasteiger partial charge in [-0.15, -0.1) is 0 Å². The number of methoxy groups -OCH3 is 1. The molecule has 1 N–H and O–H groups in total. The van der Waals surface area contributed by atoms with Gasteiger partial charge in [0.1, 0.15) is 0 Å². The molecule has 0 spiro atoms. The quantitative estimate of drug-likeness (QED) is 0.828. The molecule has 2 rings (SSSR count). The summed E-state index contributed by atoms with van der Waals surface area (Å²) in [6.07, 6.45) is 2.33. The molecule has 1 aromatic carbocycles. The molecule has 0 unspecified atom stereocenters. The standard InChI is InChI=1S/C17H24F2N2O3/c1-3-16(22)20-13-6-8-21(9-7-13)11-12-4-5-14(24-17(18)19)15(10-12)23-2/h4-5,10,13,17H,3,6-9,11H2,1-2H3,(H,20,22). The second-order valence-corrected chi connectivity index (χ2v) is 5.84. The number of halogens is 2. The molecule has 1 aliphatic heterocycles. The Morgan fingerprint density at radius 2 is 2.04 bits per heavy atom. The zero-order chi connectivity index (χ0) is 17.5. The van der Waals surface area contributed by atoms with E-state index in [2.05, 4.69) is 15.0 Å². The monoisotopic (exact) mass is 342 g/mol. The number of amides is 1. The molecule has 7 heteroatoms. The van der Waals surface area contributed by atoms with Crippen LogP contribution in [0.2, 0.25) is 0 Å². The minimum Gasteiger partial charge on any atom is -0.493 e. The van der Waals surface area contributed by atoms with Gasteiger partial charge in [0, 0.05) is 32.1 Å². The fraction of sp³-hybridized carbons (Fsp3) is 0.588. The van der Waals surface area contributed by atoms with Gasteiger partial charge < -0.3 is 14.8 Å². The summed E-state index contributed by atoms with van der Waals surface area (Å²) in [4.78, 5) is 13.7. The lowest BCUT2D eigenvalue weighted by atomic mass is 10.0. The van der Waals surface area contributed by atoms with E-state index in [9.17, 15) is 13.6 Å². The third kappa shape index (κ3) is 5.33. The number of hydrogen-bond donors (Lipinski definition) is 1. The van der Waals surface area contributed by atoms with Gasteiger partial charge in [-0.25, -0.2) is 0 Å². The number of likely N-dealkylation sites (tertiary alicyclic amines) is 1. The molecule has 0 saturated carbocycles. The van der Waals surface area contributed by atoms with Crippen LogP contribution in [0.25, 0.3) is 0 Å². The summed E-state index contributed by atoms with van der Waals surface area (Å²) in [6.45, 7) is 1.44. The van der Waals surface area contributed by atoms with E-state index in [-0.39, 0.29) is 17.7 Å². The highest BCUT2D eigenvalue weighted by atomic mass is 19.3. The molecule has 24 heavy (non-hydrogen) atoms. The van der Waals surface area contributed by atoms with Gasteiger partial charge in [-0.2, -0.15) is 8.78 Å². The molecule has 0 bridgehead atoms. The second-order valence-electron chi connectivity index (χ2n) is 5.84. The molecule has 1 saturated heterocycles. The van der Waals surface area contributed by atoms with Gasteiger partial charge in [0.25, 0.3) is 0 Å². The molecule has 0 aromatic heterocycles. The smallest absolute Gasteiger partial charge is 0.387 e. The average molecular weight is 342 g/mol. The predicted octanol–water partition coefficient (Wildman–Crippen LogP) is 2.79. The van der Waals surface area contributed by atoms with Gasteiger partial charge in [-0.05, 0) is 30.5 Å². The van der Waals surface area contributed by atoms with Crippen molar-refractivity contribution in [3.63, 3.8) is 0 Å². The lowest BCUT2D eigenvalue weighted by Crippen LogP contribution is -2.44. The molecule has 0 aliphatic carbocycles. The van der Waals surface area contributed by atoms with Crippen LogP contribution in [0, 0.1) is 0 Å². The summed E-state index contributed by atoms with van der Waals surface area (Å²) in [5.41, 5.74) is 0.976. The minimum atomic E-state index is -2.87. The number of carbonyl (C=O) groups excluding carboxylic acids is 1. The number of benzene rings is 1. The Morgan fingerprint density at radius 1 is 1.33 bits per heavy atom. The van der Waals surface area contributed by atoms with Crippen molar-refractivity contribution in [3.8, 4) is 11.5 Å². The van der Waals surface area contributed by atoms with Crippen molar-refractivity contribution in [2.75, 3.05) is 20.2 Å². The maximum Gasteiger partial charge on any atom is 0.387 e. The zero-order valence-electron chi connectivity index (χ0n) is 14.1. The molecular weight excluding hydrogens is 318 g/mol. The molecule has 1 amide bonds. The number of ether oxygens (including phenoxy) is 2. The molecule has 0 atom stereocenters. The highest BCUT2D eigenvalue weighted by Crippen LogP contribution is 2.30. The van der Waals surface area contributed by atoms with Gasteiger partial charge in [0.2, 0.25) is 5.91 Å². The molecule has 1 aromatic rings. The van der Waals surface area contributed by atoms with Crippen LogP contribution in [0.5, 0.6) is 11.5 Å². The van der Waals surface area contributed by atoms with Gasteiger partial charge in [-0.3, -0.25) is 9.69 Å². The summed E-state index contributed by atoms with van der Waals surface area (Å²) in [5.74, 6) is 0.433. The Morgan fingerprint density at radius 3 is 2.62 bits per heavy atom. The summed E-state index contributed by atoms with van der Waals surface area (Å²) >= 11 is 0. The Labute approximate surface area is 140 Å².